The van der Waals surface area contributed by atoms with E-state index in [1.807, 2.05) is 36.4 Å². The summed E-state index contributed by atoms with van der Waals surface area (Å²) < 4.78 is 6.46. The third-order valence-corrected chi connectivity index (χ3v) is 5.36. The van der Waals surface area contributed by atoms with E-state index in [9.17, 15) is 4.79 Å². The fourth-order valence-electron chi connectivity index (χ4n) is 2.91. The predicted molar refractivity (Wildman–Crippen MR) is 113 cm³/mol. The Morgan fingerprint density at radius 1 is 1.18 bits per heavy atom. The lowest BCUT2D eigenvalue weighted by Gasteiger charge is -2.28. The van der Waals surface area contributed by atoms with Crippen molar-refractivity contribution in [2.24, 2.45) is 5.10 Å². The highest BCUT2D eigenvalue weighted by Crippen LogP contribution is 2.25. The van der Waals surface area contributed by atoms with E-state index in [0.29, 0.717) is 0 Å². The number of anilines is 2. The van der Waals surface area contributed by atoms with Crippen LogP contribution in [0.5, 0.6) is 0 Å². The number of nitrogens with one attached hydrogen (secondary N) is 2. The van der Waals surface area contributed by atoms with E-state index >= 15 is 0 Å². The molecule has 1 aromatic heterocycles. The molecule has 28 heavy (non-hydrogen) atoms. The van der Waals surface area contributed by atoms with Gasteiger partial charge in [0, 0.05) is 18.8 Å². The number of amides is 1. The van der Waals surface area contributed by atoms with Crippen LogP contribution in [-0.4, -0.2) is 50.0 Å². The summed E-state index contributed by atoms with van der Waals surface area (Å²) in [7, 11) is 0. The second kappa shape index (κ2) is 8.81. The lowest BCUT2D eigenvalue weighted by molar-refractivity contribution is -0.119. The molecule has 1 aliphatic rings. The molecule has 0 atom stereocenters. The fourth-order valence-corrected chi connectivity index (χ4v) is 3.78. The zero-order valence-electron chi connectivity index (χ0n) is 15.3. The van der Waals surface area contributed by atoms with Gasteiger partial charge in [0.05, 0.1) is 36.2 Å². The average Bonchev–Trinajstić information content (AvgIpc) is 3.16. The topological polar surface area (TPSA) is 78.8 Å². The lowest BCUT2D eigenvalue weighted by Crippen LogP contribution is -2.36. The van der Waals surface area contributed by atoms with Crippen molar-refractivity contribution in [3.63, 3.8) is 0 Å². The zero-order chi connectivity index (χ0) is 19.2. The normalized spacial score (nSPS) is 14.5. The molecule has 7 nitrogen and oxygen atoms in total. The smallest absolute Gasteiger partial charge is 0.259 e. The van der Waals surface area contributed by atoms with Crippen LogP contribution in [0.3, 0.4) is 0 Å². The molecule has 3 aromatic rings. The molecule has 0 spiro atoms. The second-order valence-electron chi connectivity index (χ2n) is 6.32. The first kappa shape index (κ1) is 18.4. The SMILES string of the molecule is O=C(CNc1nc2ccccc2s1)N/N=C\c1ccc(N2CCOCC2)cc1. The van der Waals surface area contributed by atoms with Gasteiger partial charge in [0.1, 0.15) is 0 Å². The van der Waals surface area contributed by atoms with Gasteiger partial charge in [-0.1, -0.05) is 35.6 Å². The summed E-state index contributed by atoms with van der Waals surface area (Å²) in [5, 5.41) is 7.78. The predicted octanol–water partition coefficient (Wildman–Crippen LogP) is 2.70. The number of fused-ring (bicyclic) bond motifs is 1. The van der Waals surface area contributed by atoms with Crippen LogP contribution in [0.2, 0.25) is 0 Å². The number of benzene rings is 2. The highest BCUT2D eigenvalue weighted by Gasteiger charge is 2.10. The van der Waals surface area contributed by atoms with Crippen LogP contribution in [-0.2, 0) is 9.53 Å². The molecule has 2 N–H and O–H groups in total. The molecule has 8 heteroatoms. The Labute approximate surface area is 167 Å². The Morgan fingerprint density at radius 2 is 1.96 bits per heavy atom. The maximum Gasteiger partial charge on any atom is 0.259 e. The number of ether oxygens (including phenoxy) is 1. The molecule has 4 rings (SSSR count). The molecular weight excluding hydrogens is 374 g/mol. The highest BCUT2D eigenvalue weighted by molar-refractivity contribution is 7.22. The Hall–Kier alpha value is -2.97. The summed E-state index contributed by atoms with van der Waals surface area (Å²) in [5.74, 6) is -0.222. The molecule has 1 aliphatic heterocycles. The number of aromatic nitrogens is 1. The summed E-state index contributed by atoms with van der Waals surface area (Å²) >= 11 is 1.52. The summed E-state index contributed by atoms with van der Waals surface area (Å²) in [6, 6.07) is 16.0. The highest BCUT2D eigenvalue weighted by atomic mass is 32.1. The number of hydrazone groups is 1. The summed E-state index contributed by atoms with van der Waals surface area (Å²) in [4.78, 5) is 18.7. The molecule has 144 valence electrons. The summed E-state index contributed by atoms with van der Waals surface area (Å²) in [5.41, 5.74) is 5.55. The van der Waals surface area contributed by atoms with Gasteiger partial charge >= 0.3 is 0 Å². The van der Waals surface area contributed by atoms with E-state index in [0.717, 1.165) is 47.2 Å². The lowest BCUT2D eigenvalue weighted by atomic mass is 10.2. The van der Waals surface area contributed by atoms with Crippen LogP contribution < -0.4 is 15.6 Å². The van der Waals surface area contributed by atoms with Crippen LogP contribution >= 0.6 is 11.3 Å². The number of para-hydroxylation sites is 1. The number of hydrogen-bond acceptors (Lipinski definition) is 7. The van der Waals surface area contributed by atoms with Gasteiger partial charge in [0.15, 0.2) is 5.13 Å². The van der Waals surface area contributed by atoms with Crippen molar-refractivity contribution in [1.29, 1.82) is 0 Å². The minimum absolute atomic E-state index is 0.118. The second-order valence-corrected chi connectivity index (χ2v) is 7.36. The Bertz CT molecular complexity index is 931. The van der Waals surface area contributed by atoms with Crippen molar-refractivity contribution in [1.82, 2.24) is 10.4 Å². The van der Waals surface area contributed by atoms with Crippen LogP contribution in [0.4, 0.5) is 10.8 Å². The number of carbonyl (C=O) groups is 1. The number of morpholine rings is 1. The first-order valence-corrected chi connectivity index (χ1v) is 9.94. The van der Waals surface area contributed by atoms with Gasteiger partial charge in [0.25, 0.3) is 5.91 Å². The van der Waals surface area contributed by atoms with Crippen LogP contribution in [0.1, 0.15) is 5.56 Å². The third-order valence-electron chi connectivity index (χ3n) is 4.37. The number of rotatable bonds is 6. The van der Waals surface area contributed by atoms with E-state index in [1.54, 1.807) is 6.21 Å². The van der Waals surface area contributed by atoms with Crippen LogP contribution in [0.15, 0.2) is 53.6 Å². The first-order chi connectivity index (χ1) is 13.8. The monoisotopic (exact) mass is 395 g/mol. The van der Waals surface area contributed by atoms with E-state index in [4.69, 9.17) is 4.74 Å². The fraction of sp³-hybridized carbons (Fsp3) is 0.250. The van der Waals surface area contributed by atoms with Gasteiger partial charge in [-0.15, -0.1) is 0 Å². The third kappa shape index (κ3) is 4.65. The number of thiazole rings is 1. The van der Waals surface area contributed by atoms with Crippen molar-refractivity contribution in [3.8, 4) is 0 Å². The minimum Gasteiger partial charge on any atom is -0.378 e. The maximum atomic E-state index is 12.0. The Balaban J connectivity index is 1.25. The van der Waals surface area contributed by atoms with Gasteiger partial charge in [-0.05, 0) is 29.8 Å². The molecule has 0 bridgehead atoms. The molecule has 1 saturated heterocycles. The summed E-state index contributed by atoms with van der Waals surface area (Å²) in [6.07, 6.45) is 1.64. The van der Waals surface area contributed by atoms with Crippen molar-refractivity contribution in [2.75, 3.05) is 43.1 Å². The standard InChI is InChI=1S/C20H21N5O2S/c26-19(14-21-20-23-17-3-1-2-4-18(17)28-20)24-22-13-15-5-7-16(8-6-15)25-9-11-27-12-10-25/h1-8,13H,9-12,14H2,(H,21,23)(H,24,26)/b22-13-. The van der Waals surface area contributed by atoms with Gasteiger partial charge in [-0.2, -0.15) is 5.10 Å². The van der Waals surface area contributed by atoms with Gasteiger partial charge in [-0.25, -0.2) is 10.4 Å². The molecule has 1 amide bonds. The van der Waals surface area contributed by atoms with Crippen LogP contribution in [0, 0.1) is 0 Å². The van der Waals surface area contributed by atoms with Crippen molar-refractivity contribution in [3.05, 3.63) is 54.1 Å². The largest absolute Gasteiger partial charge is 0.378 e. The zero-order valence-corrected chi connectivity index (χ0v) is 16.1. The molecule has 0 radical (unpaired) electrons. The number of hydrogen-bond donors (Lipinski definition) is 2. The number of nitrogens with zero attached hydrogens (tertiary/aromatic N) is 3. The molecule has 1 fully saturated rings. The summed E-state index contributed by atoms with van der Waals surface area (Å²) in [6.45, 7) is 3.46. The Kier molecular flexibility index (Phi) is 5.79. The minimum atomic E-state index is -0.222. The Morgan fingerprint density at radius 3 is 2.75 bits per heavy atom. The molecule has 2 heterocycles. The molecule has 0 unspecified atom stereocenters. The van der Waals surface area contributed by atoms with Gasteiger partial charge < -0.3 is 15.0 Å². The van der Waals surface area contributed by atoms with E-state index in [2.05, 4.69) is 37.9 Å². The maximum absolute atomic E-state index is 12.0. The molecular formula is C20H21N5O2S. The molecule has 0 saturated carbocycles. The first-order valence-electron chi connectivity index (χ1n) is 9.12. The van der Waals surface area contributed by atoms with E-state index in [1.165, 1.54) is 17.0 Å². The van der Waals surface area contributed by atoms with Crippen molar-refractivity contribution in [2.45, 2.75) is 0 Å². The van der Waals surface area contributed by atoms with Crippen LogP contribution in [0.25, 0.3) is 10.2 Å². The van der Waals surface area contributed by atoms with Crippen molar-refractivity contribution < 1.29 is 9.53 Å². The van der Waals surface area contributed by atoms with Gasteiger partial charge in [0.2, 0.25) is 0 Å². The quantitative estimate of drug-likeness (QED) is 0.496. The van der Waals surface area contributed by atoms with E-state index in [-0.39, 0.29) is 12.5 Å². The molecule has 2 aromatic carbocycles. The number of carbonyl (C=O) groups excluding carboxylic acids is 1. The van der Waals surface area contributed by atoms with E-state index < -0.39 is 0 Å². The van der Waals surface area contributed by atoms with Gasteiger partial charge in [-0.3, -0.25) is 4.79 Å². The van der Waals surface area contributed by atoms with Crippen molar-refractivity contribution >= 4 is 44.5 Å². The average molecular weight is 395 g/mol. The molecule has 0 aliphatic carbocycles.